The number of carbonyl (C=O) groups is 1. The van der Waals surface area contributed by atoms with Crippen LogP contribution < -0.4 is 5.32 Å². The minimum absolute atomic E-state index is 0.137. The number of amides is 1. The second-order valence-electron chi connectivity index (χ2n) is 8.42. The Morgan fingerprint density at radius 3 is 2.67 bits per heavy atom. The summed E-state index contributed by atoms with van der Waals surface area (Å²) < 4.78 is 13.5. The van der Waals surface area contributed by atoms with Gasteiger partial charge in [-0.05, 0) is 43.4 Å². The van der Waals surface area contributed by atoms with Gasteiger partial charge < -0.3 is 10.2 Å². The molecule has 0 aliphatic carbocycles. The van der Waals surface area contributed by atoms with E-state index in [-0.39, 0.29) is 17.5 Å². The van der Waals surface area contributed by atoms with Crippen LogP contribution in [0.25, 0.3) is 10.9 Å². The number of halogens is 1. The molecule has 0 saturated carbocycles. The van der Waals surface area contributed by atoms with Crippen LogP contribution in [0.2, 0.25) is 0 Å². The molecular formula is C25H24FN5OS. The Kier molecular flexibility index (Phi) is 5.95. The van der Waals surface area contributed by atoms with Crippen molar-refractivity contribution >= 4 is 45.0 Å². The van der Waals surface area contributed by atoms with Crippen LogP contribution in [0.4, 0.5) is 10.1 Å². The predicted octanol–water partition coefficient (Wildman–Crippen LogP) is 4.37. The van der Waals surface area contributed by atoms with E-state index in [0.29, 0.717) is 5.69 Å². The van der Waals surface area contributed by atoms with E-state index >= 15 is 0 Å². The summed E-state index contributed by atoms with van der Waals surface area (Å²) in [7, 11) is 2.10. The molecule has 1 aromatic heterocycles. The highest BCUT2D eigenvalue weighted by Crippen LogP contribution is 2.35. The summed E-state index contributed by atoms with van der Waals surface area (Å²) in [5.74, 6) is -0.231. The molecule has 0 bridgehead atoms. The van der Waals surface area contributed by atoms with Gasteiger partial charge in [0.15, 0.2) is 5.66 Å². The highest BCUT2D eigenvalue weighted by molar-refractivity contribution is 8.16. The zero-order valence-electron chi connectivity index (χ0n) is 18.3. The molecule has 5 rings (SSSR count). The number of pyridine rings is 1. The maximum atomic E-state index is 13.5. The highest BCUT2D eigenvalue weighted by Gasteiger charge is 2.39. The summed E-state index contributed by atoms with van der Waals surface area (Å²) in [5, 5.41) is 4.63. The lowest BCUT2D eigenvalue weighted by Gasteiger charge is -2.33. The minimum Gasteiger partial charge on any atom is -0.324 e. The standard InChI is InChI=1S/C25H24FN5OS/c1-31-12-10-25(11-13-31)29-23(17-6-8-19(26)9-7-17)24(30-25)33-16-22(32)28-20-14-18-4-2-3-5-21(18)27-15-20/h2-9,14-15H,10-13,16H2,1H3,(H,28,32). The molecule has 2 aliphatic rings. The largest absolute Gasteiger partial charge is 0.324 e. The van der Waals surface area contributed by atoms with E-state index in [1.165, 1.54) is 23.9 Å². The van der Waals surface area contributed by atoms with Crippen molar-refractivity contribution in [3.05, 3.63) is 72.2 Å². The second-order valence-corrected chi connectivity index (χ2v) is 9.39. The number of piperidine rings is 1. The molecule has 1 N–H and O–H groups in total. The van der Waals surface area contributed by atoms with Gasteiger partial charge in [-0.2, -0.15) is 0 Å². The minimum atomic E-state index is -0.489. The van der Waals surface area contributed by atoms with Gasteiger partial charge in [0.2, 0.25) is 5.91 Å². The molecule has 1 spiro atoms. The molecule has 168 valence electrons. The van der Waals surface area contributed by atoms with Crippen molar-refractivity contribution in [3.63, 3.8) is 0 Å². The van der Waals surface area contributed by atoms with Gasteiger partial charge in [0.1, 0.15) is 10.9 Å². The number of hydrogen-bond donors (Lipinski definition) is 1. The molecule has 6 nitrogen and oxygen atoms in total. The van der Waals surface area contributed by atoms with Gasteiger partial charge in [-0.15, -0.1) is 0 Å². The van der Waals surface area contributed by atoms with Crippen LogP contribution >= 0.6 is 11.8 Å². The summed E-state index contributed by atoms with van der Waals surface area (Å²) in [6.07, 6.45) is 3.32. The fourth-order valence-corrected chi connectivity index (χ4v) is 4.96. The second kappa shape index (κ2) is 9.03. The Morgan fingerprint density at radius 2 is 1.88 bits per heavy atom. The van der Waals surface area contributed by atoms with Gasteiger partial charge in [-0.25, -0.2) is 9.38 Å². The van der Waals surface area contributed by atoms with Gasteiger partial charge in [0.05, 0.1) is 28.9 Å². The SMILES string of the molecule is CN1CCC2(CC1)N=C(SCC(=O)Nc1cnc3ccccc3c1)C(c1ccc(F)cc1)=N2. The first-order chi connectivity index (χ1) is 16.0. The van der Waals surface area contributed by atoms with E-state index < -0.39 is 5.66 Å². The van der Waals surface area contributed by atoms with Gasteiger partial charge in [0.25, 0.3) is 0 Å². The van der Waals surface area contributed by atoms with Crippen LogP contribution in [0.15, 0.2) is 70.8 Å². The van der Waals surface area contributed by atoms with E-state index in [4.69, 9.17) is 9.98 Å². The van der Waals surface area contributed by atoms with Crippen LogP contribution in [-0.4, -0.2) is 58.1 Å². The van der Waals surface area contributed by atoms with Gasteiger partial charge in [-0.1, -0.05) is 30.0 Å². The summed E-state index contributed by atoms with van der Waals surface area (Å²) in [6.45, 7) is 1.83. The highest BCUT2D eigenvalue weighted by atomic mass is 32.2. The Balaban J connectivity index is 1.32. The first kappa shape index (κ1) is 21.7. The van der Waals surface area contributed by atoms with Gasteiger partial charge in [-0.3, -0.25) is 14.8 Å². The lowest BCUT2D eigenvalue weighted by Crippen LogP contribution is -2.39. The number of nitrogens with one attached hydrogen (secondary N) is 1. The summed E-state index contributed by atoms with van der Waals surface area (Å²) in [4.78, 5) is 29.3. The van der Waals surface area contributed by atoms with Crippen LogP contribution in [0.5, 0.6) is 0 Å². The molecule has 0 radical (unpaired) electrons. The number of fused-ring (bicyclic) bond motifs is 1. The summed E-state index contributed by atoms with van der Waals surface area (Å²) in [5.41, 5.74) is 2.61. The van der Waals surface area contributed by atoms with Crippen molar-refractivity contribution < 1.29 is 9.18 Å². The maximum Gasteiger partial charge on any atom is 0.234 e. The molecule has 0 atom stereocenters. The van der Waals surface area contributed by atoms with Crippen molar-refractivity contribution in [2.24, 2.45) is 9.98 Å². The van der Waals surface area contributed by atoms with Crippen LogP contribution in [0.1, 0.15) is 18.4 Å². The maximum absolute atomic E-state index is 13.5. The number of thioether (sulfide) groups is 1. The first-order valence-electron chi connectivity index (χ1n) is 10.9. The average Bonchev–Trinajstić information content (AvgIpc) is 3.18. The molecular weight excluding hydrogens is 437 g/mol. The third-order valence-corrected chi connectivity index (χ3v) is 6.92. The predicted molar refractivity (Wildman–Crippen MR) is 133 cm³/mol. The number of para-hydroxylation sites is 1. The molecule has 1 amide bonds. The van der Waals surface area contributed by atoms with Crippen LogP contribution in [0.3, 0.4) is 0 Å². The van der Waals surface area contributed by atoms with E-state index in [1.807, 2.05) is 30.3 Å². The van der Waals surface area contributed by atoms with Gasteiger partial charge in [0, 0.05) is 36.9 Å². The van der Waals surface area contributed by atoms with Gasteiger partial charge >= 0.3 is 0 Å². The fourth-order valence-electron chi connectivity index (χ4n) is 4.09. The number of anilines is 1. The molecule has 3 aromatic rings. The zero-order valence-corrected chi connectivity index (χ0v) is 19.1. The van der Waals surface area contributed by atoms with Crippen molar-refractivity contribution in [1.82, 2.24) is 9.88 Å². The van der Waals surface area contributed by atoms with E-state index in [9.17, 15) is 9.18 Å². The molecule has 1 fully saturated rings. The third kappa shape index (κ3) is 4.82. The van der Waals surface area contributed by atoms with Crippen LogP contribution in [-0.2, 0) is 4.79 Å². The number of benzene rings is 2. The van der Waals surface area contributed by atoms with E-state index in [1.54, 1.807) is 18.3 Å². The molecule has 2 aliphatic heterocycles. The smallest absolute Gasteiger partial charge is 0.234 e. The topological polar surface area (TPSA) is 70.0 Å². The fraction of sp³-hybridized carbons (Fsp3) is 0.280. The number of aromatic nitrogens is 1. The number of rotatable bonds is 4. The Morgan fingerprint density at radius 1 is 1.12 bits per heavy atom. The molecule has 1 saturated heterocycles. The Labute approximate surface area is 196 Å². The van der Waals surface area contributed by atoms with E-state index in [0.717, 1.165) is 53.2 Å². The van der Waals surface area contributed by atoms with Crippen LogP contribution in [0, 0.1) is 5.82 Å². The summed E-state index contributed by atoms with van der Waals surface area (Å²) in [6, 6.07) is 16.0. The number of hydrogen-bond acceptors (Lipinski definition) is 6. The molecule has 8 heteroatoms. The average molecular weight is 462 g/mol. The summed E-state index contributed by atoms with van der Waals surface area (Å²) >= 11 is 1.37. The quantitative estimate of drug-likeness (QED) is 0.627. The number of aliphatic imine (C=N–C) groups is 2. The Bertz CT molecular complexity index is 1250. The normalized spacial score (nSPS) is 17.8. The number of likely N-dealkylation sites (tertiary alicyclic amines) is 1. The molecule has 3 heterocycles. The van der Waals surface area contributed by atoms with Crippen molar-refractivity contribution in [2.75, 3.05) is 31.2 Å². The van der Waals surface area contributed by atoms with Crippen molar-refractivity contribution in [1.29, 1.82) is 0 Å². The number of nitrogens with zero attached hydrogens (tertiary/aromatic N) is 4. The number of carbonyl (C=O) groups excluding carboxylic acids is 1. The Hall–Kier alpha value is -3.10. The molecule has 0 unspecified atom stereocenters. The molecule has 2 aromatic carbocycles. The molecule has 33 heavy (non-hydrogen) atoms. The van der Waals surface area contributed by atoms with Crippen molar-refractivity contribution in [2.45, 2.75) is 18.5 Å². The van der Waals surface area contributed by atoms with E-state index in [2.05, 4.69) is 22.2 Å². The first-order valence-corrected chi connectivity index (χ1v) is 11.9. The lowest BCUT2D eigenvalue weighted by molar-refractivity contribution is -0.113. The monoisotopic (exact) mass is 461 g/mol. The van der Waals surface area contributed by atoms with Crippen molar-refractivity contribution in [3.8, 4) is 0 Å². The third-order valence-electron chi connectivity index (χ3n) is 5.95. The lowest BCUT2D eigenvalue weighted by atomic mass is 9.99. The zero-order chi connectivity index (χ0) is 22.8.